The molecular formula is C19H19N3O6S. The summed E-state index contributed by atoms with van der Waals surface area (Å²) in [5, 5.41) is 13.2. The maximum atomic E-state index is 12.0. The van der Waals surface area contributed by atoms with E-state index in [9.17, 15) is 19.2 Å². The largest absolute Gasteiger partial charge is 0.465 e. The minimum atomic E-state index is -0.609. The maximum Gasteiger partial charge on any atom is 0.350 e. The standard InChI is InChI=1S/C19H19N3O6S/c1-10-12(11(2)21-18(25)13(10)8-20)4-5-16(24)28-9-15(23)22-14-6-7-29-17(14)19(26)27-3/h6-7H,4-5,9H2,1-3H3,(H,21,25)(H,22,23). The van der Waals surface area contributed by atoms with Crippen molar-refractivity contribution in [3.63, 3.8) is 0 Å². The summed E-state index contributed by atoms with van der Waals surface area (Å²) in [6.45, 7) is 2.82. The number of aromatic amines is 1. The van der Waals surface area contributed by atoms with Crippen LogP contribution in [0.3, 0.4) is 0 Å². The third-order valence-corrected chi connectivity index (χ3v) is 5.07. The molecule has 0 aliphatic heterocycles. The van der Waals surface area contributed by atoms with Crippen molar-refractivity contribution < 1.29 is 23.9 Å². The van der Waals surface area contributed by atoms with Crippen LogP contribution in [0.5, 0.6) is 0 Å². The highest BCUT2D eigenvalue weighted by Crippen LogP contribution is 2.23. The quantitative estimate of drug-likeness (QED) is 0.655. The number of amides is 1. The number of anilines is 1. The molecule has 0 fully saturated rings. The van der Waals surface area contributed by atoms with Crippen LogP contribution in [0, 0.1) is 25.2 Å². The first-order valence-electron chi connectivity index (χ1n) is 8.52. The van der Waals surface area contributed by atoms with Crippen LogP contribution in [-0.4, -0.2) is 36.5 Å². The molecule has 2 heterocycles. The first-order valence-corrected chi connectivity index (χ1v) is 9.40. The molecule has 152 valence electrons. The number of nitrogens with zero attached hydrogens (tertiary/aromatic N) is 1. The molecular weight excluding hydrogens is 398 g/mol. The predicted octanol–water partition coefficient (Wildman–Crippen LogP) is 1.83. The molecule has 0 saturated heterocycles. The van der Waals surface area contributed by atoms with Crippen molar-refractivity contribution in [1.82, 2.24) is 4.98 Å². The Hall–Kier alpha value is -3.45. The van der Waals surface area contributed by atoms with Gasteiger partial charge in [-0.05, 0) is 42.8 Å². The van der Waals surface area contributed by atoms with E-state index < -0.39 is 30.0 Å². The second-order valence-electron chi connectivity index (χ2n) is 6.03. The summed E-state index contributed by atoms with van der Waals surface area (Å²) < 4.78 is 9.59. The summed E-state index contributed by atoms with van der Waals surface area (Å²) in [6.07, 6.45) is 0.221. The number of rotatable bonds is 7. The lowest BCUT2D eigenvalue weighted by molar-refractivity contribution is -0.147. The van der Waals surface area contributed by atoms with Gasteiger partial charge >= 0.3 is 11.9 Å². The molecule has 2 aromatic rings. The normalized spacial score (nSPS) is 10.1. The van der Waals surface area contributed by atoms with E-state index in [4.69, 9.17) is 10.00 Å². The summed E-state index contributed by atoms with van der Waals surface area (Å²) in [7, 11) is 1.24. The fourth-order valence-corrected chi connectivity index (χ4v) is 3.48. The Balaban J connectivity index is 1.91. The molecule has 0 aliphatic carbocycles. The first-order chi connectivity index (χ1) is 13.8. The highest BCUT2D eigenvalue weighted by Gasteiger charge is 2.17. The number of H-pyrrole nitrogens is 1. The van der Waals surface area contributed by atoms with E-state index in [2.05, 4.69) is 15.0 Å². The Morgan fingerprint density at radius 2 is 2.03 bits per heavy atom. The zero-order valence-corrected chi connectivity index (χ0v) is 16.9. The SMILES string of the molecule is COC(=O)c1sccc1NC(=O)COC(=O)CCc1c(C)[nH]c(=O)c(C#N)c1C. The molecule has 2 rings (SSSR count). The van der Waals surface area contributed by atoms with Gasteiger partial charge in [-0.3, -0.25) is 14.4 Å². The van der Waals surface area contributed by atoms with Crippen LogP contribution < -0.4 is 10.9 Å². The smallest absolute Gasteiger partial charge is 0.350 e. The molecule has 29 heavy (non-hydrogen) atoms. The second kappa shape index (κ2) is 9.66. The number of methoxy groups -OCH3 is 1. The Morgan fingerprint density at radius 1 is 1.31 bits per heavy atom. The van der Waals surface area contributed by atoms with Gasteiger partial charge in [0.2, 0.25) is 0 Å². The van der Waals surface area contributed by atoms with Gasteiger partial charge in [0.25, 0.3) is 11.5 Å². The number of esters is 2. The number of carbonyl (C=O) groups excluding carboxylic acids is 3. The van der Waals surface area contributed by atoms with Gasteiger partial charge in [-0.15, -0.1) is 11.3 Å². The van der Waals surface area contributed by atoms with Crippen molar-refractivity contribution >= 4 is 34.9 Å². The number of aryl methyl sites for hydroxylation is 1. The van der Waals surface area contributed by atoms with Crippen molar-refractivity contribution in [3.8, 4) is 6.07 Å². The minimum absolute atomic E-state index is 0.00974. The monoisotopic (exact) mass is 417 g/mol. The van der Waals surface area contributed by atoms with Gasteiger partial charge in [-0.25, -0.2) is 4.79 Å². The number of thiophene rings is 1. The van der Waals surface area contributed by atoms with E-state index in [1.807, 2.05) is 6.07 Å². The molecule has 0 aromatic carbocycles. The third-order valence-electron chi connectivity index (χ3n) is 4.17. The fraction of sp³-hybridized carbons (Fsp3) is 0.316. The van der Waals surface area contributed by atoms with Crippen LogP contribution in [0.4, 0.5) is 5.69 Å². The zero-order chi connectivity index (χ0) is 21.6. The molecule has 0 bridgehead atoms. The van der Waals surface area contributed by atoms with Crippen LogP contribution in [0.1, 0.15) is 38.5 Å². The number of hydrogen-bond acceptors (Lipinski definition) is 8. The number of nitriles is 1. The zero-order valence-electron chi connectivity index (χ0n) is 16.1. The maximum absolute atomic E-state index is 12.0. The summed E-state index contributed by atoms with van der Waals surface area (Å²) in [5.74, 6) is -1.78. The summed E-state index contributed by atoms with van der Waals surface area (Å²) in [6, 6.07) is 3.40. The number of nitrogens with one attached hydrogen (secondary N) is 2. The van der Waals surface area contributed by atoms with Gasteiger partial charge in [0.1, 0.15) is 16.5 Å². The molecule has 9 nitrogen and oxygen atoms in total. The molecule has 1 amide bonds. The van der Waals surface area contributed by atoms with Crippen molar-refractivity contribution in [3.05, 3.63) is 49.1 Å². The third kappa shape index (κ3) is 5.30. The molecule has 10 heteroatoms. The average molecular weight is 417 g/mol. The average Bonchev–Trinajstić information content (AvgIpc) is 3.13. The van der Waals surface area contributed by atoms with Crippen LogP contribution in [0.2, 0.25) is 0 Å². The lowest BCUT2D eigenvalue weighted by Crippen LogP contribution is -2.22. The van der Waals surface area contributed by atoms with Crippen molar-refractivity contribution in [2.24, 2.45) is 0 Å². The highest BCUT2D eigenvalue weighted by atomic mass is 32.1. The van der Waals surface area contributed by atoms with E-state index in [0.29, 0.717) is 16.8 Å². The Labute approximate surface area is 170 Å². The molecule has 0 aliphatic rings. The Bertz CT molecular complexity index is 1050. The summed E-state index contributed by atoms with van der Waals surface area (Å²) in [4.78, 5) is 50.1. The molecule has 2 aromatic heterocycles. The Morgan fingerprint density at radius 3 is 2.69 bits per heavy atom. The molecule has 0 spiro atoms. The molecule has 2 N–H and O–H groups in total. The van der Waals surface area contributed by atoms with Gasteiger partial charge in [-0.2, -0.15) is 5.26 Å². The summed E-state index contributed by atoms with van der Waals surface area (Å²) >= 11 is 1.12. The van der Waals surface area contributed by atoms with E-state index in [0.717, 1.165) is 11.3 Å². The van der Waals surface area contributed by atoms with E-state index in [1.54, 1.807) is 25.3 Å². The molecule has 0 atom stereocenters. The lowest BCUT2D eigenvalue weighted by Gasteiger charge is -2.11. The minimum Gasteiger partial charge on any atom is -0.465 e. The molecule has 0 radical (unpaired) electrons. The van der Waals surface area contributed by atoms with Gasteiger partial charge in [-0.1, -0.05) is 0 Å². The van der Waals surface area contributed by atoms with Crippen molar-refractivity contribution in [2.45, 2.75) is 26.7 Å². The lowest BCUT2D eigenvalue weighted by atomic mass is 9.99. The van der Waals surface area contributed by atoms with Crippen LogP contribution >= 0.6 is 11.3 Å². The number of ether oxygens (including phenoxy) is 2. The molecule has 0 unspecified atom stereocenters. The summed E-state index contributed by atoms with van der Waals surface area (Å²) in [5.41, 5.74) is 1.60. The fourth-order valence-electron chi connectivity index (χ4n) is 2.71. The highest BCUT2D eigenvalue weighted by molar-refractivity contribution is 7.12. The first kappa shape index (κ1) is 21.8. The van der Waals surface area contributed by atoms with Crippen LogP contribution in [0.15, 0.2) is 16.2 Å². The van der Waals surface area contributed by atoms with Crippen molar-refractivity contribution in [1.29, 1.82) is 5.26 Å². The predicted molar refractivity (Wildman–Crippen MR) is 105 cm³/mol. The van der Waals surface area contributed by atoms with Gasteiger partial charge in [0, 0.05) is 12.1 Å². The van der Waals surface area contributed by atoms with E-state index in [-0.39, 0.29) is 29.0 Å². The van der Waals surface area contributed by atoms with E-state index >= 15 is 0 Å². The van der Waals surface area contributed by atoms with Crippen LogP contribution in [-0.2, 0) is 25.5 Å². The Kier molecular flexibility index (Phi) is 7.27. The number of carbonyl (C=O) groups is 3. The molecule has 0 saturated carbocycles. The van der Waals surface area contributed by atoms with Crippen molar-refractivity contribution in [2.75, 3.05) is 19.0 Å². The van der Waals surface area contributed by atoms with Crippen LogP contribution in [0.25, 0.3) is 0 Å². The van der Waals surface area contributed by atoms with Gasteiger partial charge in [0.05, 0.1) is 12.8 Å². The van der Waals surface area contributed by atoms with E-state index in [1.165, 1.54) is 7.11 Å². The van der Waals surface area contributed by atoms with Gasteiger partial charge in [0.15, 0.2) is 6.61 Å². The topological polar surface area (TPSA) is 138 Å². The van der Waals surface area contributed by atoms with Gasteiger partial charge < -0.3 is 19.8 Å². The number of pyridine rings is 1. The number of aromatic nitrogens is 1. The second-order valence-corrected chi connectivity index (χ2v) is 6.95. The number of hydrogen-bond donors (Lipinski definition) is 2.